The summed E-state index contributed by atoms with van der Waals surface area (Å²) in [6.07, 6.45) is 3.74. The van der Waals surface area contributed by atoms with Gasteiger partial charge < -0.3 is 4.74 Å². The molecule has 0 aliphatic heterocycles. The predicted octanol–water partition coefficient (Wildman–Crippen LogP) is 3.28. The Kier molecular flexibility index (Phi) is 5.58. The van der Waals surface area contributed by atoms with Crippen LogP contribution in [0.3, 0.4) is 0 Å². The first kappa shape index (κ1) is 12.4. The second-order valence-corrected chi connectivity index (χ2v) is 4.36. The molecule has 0 atom stereocenters. The van der Waals surface area contributed by atoms with Crippen molar-refractivity contribution in [3.8, 4) is 5.75 Å². The topological polar surface area (TPSA) is 26.3 Å². The van der Waals surface area contributed by atoms with Gasteiger partial charge in [0.25, 0.3) is 0 Å². The molecule has 0 bridgehead atoms. The zero-order valence-electron chi connectivity index (χ0n) is 8.53. The number of carbonyl (C=O) groups excluding carboxylic acids is 1. The van der Waals surface area contributed by atoms with Gasteiger partial charge in [-0.1, -0.05) is 17.7 Å². The van der Waals surface area contributed by atoms with Crippen molar-refractivity contribution < 1.29 is 9.53 Å². The lowest BCUT2D eigenvalue weighted by Gasteiger charge is -2.08. The third kappa shape index (κ3) is 3.76. The van der Waals surface area contributed by atoms with E-state index in [9.17, 15) is 4.79 Å². The molecule has 0 N–H and O–H groups in total. The summed E-state index contributed by atoms with van der Waals surface area (Å²) in [5.74, 6) is 1.62. The fourth-order valence-corrected chi connectivity index (χ4v) is 1.76. The molecule has 0 radical (unpaired) electrons. The van der Waals surface area contributed by atoms with Crippen LogP contribution in [0.2, 0.25) is 5.02 Å². The van der Waals surface area contributed by atoms with Crippen LogP contribution in [-0.2, 0) is 0 Å². The summed E-state index contributed by atoms with van der Waals surface area (Å²) in [4.78, 5) is 10.8. The number of hydrogen-bond donors (Lipinski definition) is 0. The van der Waals surface area contributed by atoms with Gasteiger partial charge in [-0.25, -0.2) is 0 Å². The molecule has 1 aromatic rings. The fourth-order valence-electron chi connectivity index (χ4n) is 1.14. The van der Waals surface area contributed by atoms with E-state index in [0.717, 1.165) is 18.5 Å². The number of ether oxygens (including phenoxy) is 1. The highest BCUT2D eigenvalue weighted by Gasteiger charge is 2.06. The van der Waals surface area contributed by atoms with Crippen molar-refractivity contribution >= 4 is 29.6 Å². The van der Waals surface area contributed by atoms with Gasteiger partial charge in [0, 0.05) is 0 Å². The van der Waals surface area contributed by atoms with Crippen LogP contribution in [-0.4, -0.2) is 24.9 Å². The summed E-state index contributed by atoms with van der Waals surface area (Å²) in [7, 11) is 0. The molecule has 0 unspecified atom stereocenters. The molecule has 0 aromatic heterocycles. The lowest BCUT2D eigenvalue weighted by atomic mass is 10.2. The molecule has 82 valence electrons. The number of benzene rings is 1. The minimum atomic E-state index is 0.434. The maximum Gasteiger partial charge on any atom is 0.155 e. The lowest BCUT2D eigenvalue weighted by Crippen LogP contribution is -2.01. The van der Waals surface area contributed by atoms with E-state index in [1.54, 1.807) is 30.0 Å². The van der Waals surface area contributed by atoms with Crippen LogP contribution in [0.1, 0.15) is 16.8 Å². The normalized spacial score (nSPS) is 10.0. The highest BCUT2D eigenvalue weighted by molar-refractivity contribution is 7.98. The largest absolute Gasteiger partial charge is 0.493 e. The summed E-state index contributed by atoms with van der Waals surface area (Å²) in [6, 6.07) is 5.22. The van der Waals surface area contributed by atoms with Crippen LogP contribution in [0.5, 0.6) is 5.75 Å². The number of thioether (sulfide) groups is 1. The second kappa shape index (κ2) is 6.75. The first-order valence-electron chi connectivity index (χ1n) is 4.65. The monoisotopic (exact) mass is 244 g/mol. The van der Waals surface area contributed by atoms with Crippen LogP contribution in [0.4, 0.5) is 0 Å². The van der Waals surface area contributed by atoms with Gasteiger partial charge in [0.2, 0.25) is 0 Å². The van der Waals surface area contributed by atoms with Gasteiger partial charge in [0.05, 0.1) is 17.2 Å². The van der Waals surface area contributed by atoms with Gasteiger partial charge in [-0.2, -0.15) is 11.8 Å². The maximum atomic E-state index is 10.8. The van der Waals surface area contributed by atoms with Crippen LogP contribution in [0, 0.1) is 0 Å². The summed E-state index contributed by atoms with van der Waals surface area (Å²) in [5, 5.41) is 0.437. The summed E-state index contributed by atoms with van der Waals surface area (Å²) >= 11 is 7.63. The molecule has 2 nitrogen and oxygen atoms in total. The molecule has 0 saturated carbocycles. The van der Waals surface area contributed by atoms with Gasteiger partial charge >= 0.3 is 0 Å². The van der Waals surface area contributed by atoms with Crippen LogP contribution < -0.4 is 4.74 Å². The Morgan fingerprint density at radius 2 is 2.33 bits per heavy atom. The Hall–Kier alpha value is -0.670. The highest BCUT2D eigenvalue weighted by Crippen LogP contribution is 2.24. The zero-order valence-corrected chi connectivity index (χ0v) is 10.1. The molecule has 0 saturated heterocycles. The first-order valence-corrected chi connectivity index (χ1v) is 6.42. The Morgan fingerprint density at radius 3 is 3.00 bits per heavy atom. The Bertz CT molecular complexity index is 328. The number of rotatable bonds is 6. The molecule has 0 heterocycles. The third-order valence-corrected chi connectivity index (χ3v) is 2.91. The van der Waals surface area contributed by atoms with Gasteiger partial charge in [0.15, 0.2) is 6.29 Å². The molecular formula is C11H13ClO2S. The summed E-state index contributed by atoms with van der Waals surface area (Å²) in [6.45, 7) is 0.613. The van der Waals surface area contributed by atoms with Crippen molar-refractivity contribution in [2.45, 2.75) is 6.42 Å². The average Bonchev–Trinajstić information content (AvgIpc) is 2.24. The number of carbonyl (C=O) groups is 1. The summed E-state index contributed by atoms with van der Waals surface area (Å²) < 4.78 is 5.48. The molecule has 0 fully saturated rings. The summed E-state index contributed by atoms with van der Waals surface area (Å²) in [5.41, 5.74) is 0.434. The molecule has 0 spiro atoms. The molecule has 0 aliphatic rings. The first-order chi connectivity index (χ1) is 7.29. The van der Waals surface area contributed by atoms with E-state index in [-0.39, 0.29) is 0 Å². The van der Waals surface area contributed by atoms with E-state index in [2.05, 4.69) is 6.26 Å². The minimum Gasteiger partial charge on any atom is -0.493 e. The van der Waals surface area contributed by atoms with E-state index in [0.29, 0.717) is 22.9 Å². The Balaban J connectivity index is 2.60. The second-order valence-electron chi connectivity index (χ2n) is 2.96. The molecule has 4 heteroatoms. The predicted molar refractivity (Wildman–Crippen MR) is 65.3 cm³/mol. The van der Waals surface area contributed by atoms with Crippen molar-refractivity contribution in [3.63, 3.8) is 0 Å². The van der Waals surface area contributed by atoms with E-state index in [1.807, 2.05) is 0 Å². The van der Waals surface area contributed by atoms with Crippen LogP contribution in [0.15, 0.2) is 18.2 Å². The van der Waals surface area contributed by atoms with Crippen LogP contribution in [0.25, 0.3) is 0 Å². The van der Waals surface area contributed by atoms with E-state index < -0.39 is 0 Å². The minimum absolute atomic E-state index is 0.434. The van der Waals surface area contributed by atoms with E-state index in [4.69, 9.17) is 16.3 Å². The molecular weight excluding hydrogens is 232 g/mol. The van der Waals surface area contributed by atoms with E-state index >= 15 is 0 Å². The van der Waals surface area contributed by atoms with E-state index in [1.165, 1.54) is 0 Å². The molecule has 0 aliphatic carbocycles. The molecule has 1 aromatic carbocycles. The Morgan fingerprint density at radius 1 is 1.53 bits per heavy atom. The van der Waals surface area contributed by atoms with Crippen molar-refractivity contribution in [3.05, 3.63) is 28.8 Å². The van der Waals surface area contributed by atoms with Crippen LogP contribution >= 0.6 is 23.4 Å². The number of hydrogen-bond acceptors (Lipinski definition) is 3. The van der Waals surface area contributed by atoms with Crippen molar-refractivity contribution in [1.29, 1.82) is 0 Å². The average molecular weight is 245 g/mol. The smallest absolute Gasteiger partial charge is 0.155 e. The molecule has 15 heavy (non-hydrogen) atoms. The van der Waals surface area contributed by atoms with Gasteiger partial charge in [-0.05, 0) is 30.6 Å². The fraction of sp³-hybridized carbons (Fsp3) is 0.364. The number of aldehydes is 1. The van der Waals surface area contributed by atoms with Crippen molar-refractivity contribution in [2.24, 2.45) is 0 Å². The molecule has 1 rings (SSSR count). The maximum absolute atomic E-state index is 10.8. The third-order valence-electron chi connectivity index (χ3n) is 1.88. The van der Waals surface area contributed by atoms with Crippen molar-refractivity contribution in [1.82, 2.24) is 0 Å². The lowest BCUT2D eigenvalue weighted by molar-refractivity contribution is 0.111. The highest BCUT2D eigenvalue weighted by atomic mass is 35.5. The SMILES string of the molecule is CSCCCOc1cccc(Cl)c1C=O. The number of halogens is 1. The quantitative estimate of drug-likeness (QED) is 0.568. The zero-order chi connectivity index (χ0) is 11.1. The van der Waals surface area contributed by atoms with Gasteiger partial charge in [-0.3, -0.25) is 4.79 Å². The van der Waals surface area contributed by atoms with Gasteiger partial charge in [0.1, 0.15) is 5.75 Å². The standard InChI is InChI=1S/C11H13ClO2S/c1-15-7-3-6-14-11-5-2-4-10(12)9(11)8-13/h2,4-5,8H,3,6-7H2,1H3. The molecule has 0 amide bonds. The Labute approximate surface area is 99.0 Å². The van der Waals surface area contributed by atoms with Crippen molar-refractivity contribution in [2.75, 3.05) is 18.6 Å². The van der Waals surface area contributed by atoms with Gasteiger partial charge in [-0.15, -0.1) is 0 Å².